The summed E-state index contributed by atoms with van der Waals surface area (Å²) in [6, 6.07) is 5.92. The van der Waals surface area contributed by atoms with Gasteiger partial charge in [-0.15, -0.1) is 0 Å². The van der Waals surface area contributed by atoms with E-state index in [-0.39, 0.29) is 5.78 Å². The second kappa shape index (κ2) is 8.30. The number of aryl methyl sites for hydroxylation is 2. The van der Waals surface area contributed by atoms with Crippen molar-refractivity contribution in [2.45, 2.75) is 25.7 Å². The van der Waals surface area contributed by atoms with Crippen LogP contribution < -0.4 is 15.0 Å². The van der Waals surface area contributed by atoms with Crippen LogP contribution in [-0.4, -0.2) is 61.4 Å². The van der Waals surface area contributed by atoms with Gasteiger partial charge < -0.3 is 19.9 Å². The fraction of sp³-hybridized carbons (Fsp3) is 0.400. The predicted molar refractivity (Wildman–Crippen MR) is 124 cm³/mol. The maximum Gasteiger partial charge on any atom is 0.290 e. The smallest absolute Gasteiger partial charge is 0.290 e. The maximum absolute atomic E-state index is 13.2. The Labute approximate surface area is 188 Å². The summed E-state index contributed by atoms with van der Waals surface area (Å²) in [6.07, 6.45) is 8.31. The number of ether oxygens (including phenoxy) is 1. The normalized spacial score (nSPS) is 19.2. The number of rotatable bonds is 4. The van der Waals surface area contributed by atoms with E-state index in [1.165, 1.54) is 11.1 Å². The number of hydrogen-bond donors (Lipinski definition) is 1. The third-order valence-electron chi connectivity index (χ3n) is 6.78. The molecule has 166 valence electrons. The van der Waals surface area contributed by atoms with Crippen LogP contribution in [-0.2, 0) is 16.0 Å². The quantitative estimate of drug-likeness (QED) is 0.749. The summed E-state index contributed by atoms with van der Waals surface area (Å²) in [5.74, 6) is 0.339. The van der Waals surface area contributed by atoms with Crippen LogP contribution in [0.1, 0.15) is 34.6 Å². The first kappa shape index (κ1) is 20.5. The minimum absolute atomic E-state index is 0.369. The summed E-state index contributed by atoms with van der Waals surface area (Å²) in [7, 11) is 1.59. The standard InChI is InChI=1S/C25H28N4O3/c1-16-7-8-20(32-2)21-19(15-27-22(16)21)23(30)25(31)29-13-11-28(12-14-29)24-18-6-4-3-5-17(18)9-10-26-24/h4,6-10,19,27H,3,5,11-15H2,1-2H3. The Bertz CT molecular complexity index is 1100. The zero-order chi connectivity index (χ0) is 22.2. The van der Waals surface area contributed by atoms with Crippen LogP contribution in [0, 0.1) is 6.92 Å². The molecule has 1 unspecified atom stereocenters. The first-order chi connectivity index (χ1) is 15.6. The highest BCUT2D eigenvalue weighted by Crippen LogP contribution is 2.41. The first-order valence-corrected chi connectivity index (χ1v) is 11.2. The van der Waals surface area contributed by atoms with E-state index in [9.17, 15) is 9.59 Å². The van der Waals surface area contributed by atoms with Crippen LogP contribution in [0.4, 0.5) is 11.5 Å². The first-order valence-electron chi connectivity index (χ1n) is 11.2. The van der Waals surface area contributed by atoms with Crippen LogP contribution in [0.15, 0.2) is 30.5 Å². The van der Waals surface area contributed by atoms with E-state index in [1.54, 1.807) is 12.0 Å². The molecule has 0 spiro atoms. The van der Waals surface area contributed by atoms with Gasteiger partial charge in [-0.05, 0) is 43.0 Å². The van der Waals surface area contributed by atoms with Crippen molar-refractivity contribution < 1.29 is 14.3 Å². The summed E-state index contributed by atoms with van der Waals surface area (Å²) >= 11 is 0. The van der Waals surface area contributed by atoms with E-state index >= 15 is 0 Å². The molecule has 7 heteroatoms. The summed E-state index contributed by atoms with van der Waals surface area (Å²) in [5, 5.41) is 3.29. The Morgan fingerprint density at radius 1 is 1.16 bits per heavy atom. The minimum atomic E-state index is -0.515. The Morgan fingerprint density at radius 3 is 2.75 bits per heavy atom. The van der Waals surface area contributed by atoms with Crippen molar-refractivity contribution in [1.82, 2.24) is 9.88 Å². The number of carbonyl (C=O) groups is 2. The number of fused-ring (bicyclic) bond motifs is 2. The Morgan fingerprint density at radius 2 is 1.97 bits per heavy atom. The Kier molecular flexibility index (Phi) is 5.33. The molecule has 1 N–H and O–H groups in total. The molecule has 7 nitrogen and oxygen atoms in total. The number of allylic oxidation sites excluding steroid dienone is 1. The van der Waals surface area contributed by atoms with Gasteiger partial charge in [0.1, 0.15) is 11.6 Å². The number of piperazine rings is 1. The van der Waals surface area contributed by atoms with Gasteiger partial charge in [0.15, 0.2) is 0 Å². The van der Waals surface area contributed by atoms with Crippen LogP contribution >= 0.6 is 0 Å². The fourth-order valence-corrected chi connectivity index (χ4v) is 5.02. The van der Waals surface area contributed by atoms with Gasteiger partial charge in [0.2, 0.25) is 5.78 Å². The molecule has 1 amide bonds. The predicted octanol–water partition coefficient (Wildman–Crippen LogP) is 2.79. The Balaban J connectivity index is 1.29. The monoisotopic (exact) mass is 432 g/mol. The van der Waals surface area contributed by atoms with Crippen molar-refractivity contribution in [3.05, 3.63) is 52.7 Å². The SMILES string of the molecule is COc1ccc(C)c2c1C(C(=O)C(=O)N1CCN(c3nccc4c3C=CCC4)CC1)CN2. The molecule has 2 aromatic rings. The van der Waals surface area contributed by atoms with Gasteiger partial charge in [-0.25, -0.2) is 4.98 Å². The molecule has 0 bridgehead atoms. The third kappa shape index (κ3) is 3.42. The van der Waals surface area contributed by atoms with E-state index < -0.39 is 11.8 Å². The van der Waals surface area contributed by atoms with Gasteiger partial charge in [-0.3, -0.25) is 9.59 Å². The third-order valence-corrected chi connectivity index (χ3v) is 6.78. The van der Waals surface area contributed by atoms with Gasteiger partial charge in [0.05, 0.1) is 13.0 Å². The lowest BCUT2D eigenvalue weighted by atomic mass is 9.93. The Hall–Kier alpha value is -3.35. The van der Waals surface area contributed by atoms with Crippen molar-refractivity contribution in [2.75, 3.05) is 50.1 Å². The van der Waals surface area contributed by atoms with E-state index in [0.717, 1.165) is 35.5 Å². The number of amides is 1. The van der Waals surface area contributed by atoms with Gasteiger partial charge >= 0.3 is 0 Å². The van der Waals surface area contributed by atoms with Crippen LogP contribution in [0.3, 0.4) is 0 Å². The molecule has 5 rings (SSSR count). The molecule has 1 aliphatic carbocycles. The van der Waals surface area contributed by atoms with E-state index in [0.29, 0.717) is 38.5 Å². The number of aromatic nitrogens is 1. The molecule has 0 saturated carbocycles. The van der Waals surface area contributed by atoms with Crippen molar-refractivity contribution in [2.24, 2.45) is 0 Å². The number of pyridine rings is 1. The number of hydrogen-bond acceptors (Lipinski definition) is 6. The fourth-order valence-electron chi connectivity index (χ4n) is 5.02. The molecule has 3 aliphatic rings. The van der Waals surface area contributed by atoms with Crippen molar-refractivity contribution in [3.63, 3.8) is 0 Å². The summed E-state index contributed by atoms with van der Waals surface area (Å²) in [5.41, 5.74) is 5.27. The minimum Gasteiger partial charge on any atom is -0.496 e. The number of carbonyl (C=O) groups excluding carboxylic acids is 2. The molecule has 32 heavy (non-hydrogen) atoms. The van der Waals surface area contributed by atoms with Crippen LogP contribution in [0.2, 0.25) is 0 Å². The number of ketones is 1. The van der Waals surface area contributed by atoms with Gasteiger partial charge in [0, 0.05) is 55.7 Å². The van der Waals surface area contributed by atoms with Crippen LogP contribution in [0.5, 0.6) is 5.75 Å². The molecular formula is C25H28N4O3. The molecule has 3 heterocycles. The molecule has 1 fully saturated rings. The second-order valence-corrected chi connectivity index (χ2v) is 8.60. The summed E-state index contributed by atoms with van der Waals surface area (Å²) < 4.78 is 5.49. The highest BCUT2D eigenvalue weighted by Gasteiger charge is 2.38. The topological polar surface area (TPSA) is 74.8 Å². The number of methoxy groups -OCH3 is 1. The number of nitrogens with one attached hydrogen (secondary N) is 1. The van der Waals surface area contributed by atoms with E-state index in [1.807, 2.05) is 25.3 Å². The highest BCUT2D eigenvalue weighted by molar-refractivity contribution is 6.38. The average molecular weight is 433 g/mol. The number of benzene rings is 1. The lowest BCUT2D eigenvalue weighted by Crippen LogP contribution is -2.51. The zero-order valence-corrected chi connectivity index (χ0v) is 18.6. The zero-order valence-electron chi connectivity index (χ0n) is 18.6. The summed E-state index contributed by atoms with van der Waals surface area (Å²) in [4.78, 5) is 34.9. The molecule has 1 atom stereocenters. The van der Waals surface area contributed by atoms with E-state index in [2.05, 4.69) is 33.4 Å². The molecule has 1 saturated heterocycles. The second-order valence-electron chi connectivity index (χ2n) is 8.60. The lowest BCUT2D eigenvalue weighted by Gasteiger charge is -2.36. The maximum atomic E-state index is 13.2. The number of Topliss-reactive ketones (excluding diaryl/α,β-unsaturated/α-hetero) is 1. The molecule has 2 aliphatic heterocycles. The van der Waals surface area contributed by atoms with Crippen molar-refractivity contribution >= 4 is 29.3 Å². The molecule has 0 radical (unpaired) electrons. The average Bonchev–Trinajstić information content (AvgIpc) is 3.29. The van der Waals surface area contributed by atoms with Crippen LogP contribution in [0.25, 0.3) is 6.08 Å². The number of anilines is 2. The van der Waals surface area contributed by atoms with Crippen molar-refractivity contribution in [1.29, 1.82) is 0 Å². The summed E-state index contributed by atoms with van der Waals surface area (Å²) in [6.45, 7) is 4.77. The van der Waals surface area contributed by atoms with Gasteiger partial charge in [-0.1, -0.05) is 18.2 Å². The van der Waals surface area contributed by atoms with Crippen molar-refractivity contribution in [3.8, 4) is 5.75 Å². The molecule has 1 aromatic carbocycles. The van der Waals surface area contributed by atoms with Gasteiger partial charge in [0.25, 0.3) is 5.91 Å². The lowest BCUT2D eigenvalue weighted by molar-refractivity contribution is -0.145. The largest absolute Gasteiger partial charge is 0.496 e. The molecule has 1 aromatic heterocycles. The highest BCUT2D eigenvalue weighted by atomic mass is 16.5. The number of nitrogens with zero attached hydrogens (tertiary/aromatic N) is 3. The van der Waals surface area contributed by atoms with Gasteiger partial charge in [-0.2, -0.15) is 0 Å². The molecular weight excluding hydrogens is 404 g/mol. The van der Waals surface area contributed by atoms with E-state index in [4.69, 9.17) is 4.74 Å².